The summed E-state index contributed by atoms with van der Waals surface area (Å²) in [6.45, 7) is 5.86. The number of amides is 3. The van der Waals surface area contributed by atoms with Crippen LogP contribution in [0.15, 0.2) is 54.3 Å². The Hall–Kier alpha value is -2.34. The molecule has 2 aliphatic heterocycles. The van der Waals surface area contributed by atoms with Gasteiger partial charge in [0, 0.05) is 36.5 Å². The van der Waals surface area contributed by atoms with E-state index in [-0.39, 0.29) is 35.7 Å². The van der Waals surface area contributed by atoms with Crippen LogP contribution in [0.25, 0.3) is 0 Å². The first-order valence-corrected chi connectivity index (χ1v) is 15.0. The number of carbonyl (C=O) groups is 4. The Morgan fingerprint density at radius 2 is 1.41 bits per heavy atom. The fourth-order valence-corrected chi connectivity index (χ4v) is 7.28. The van der Waals surface area contributed by atoms with Crippen LogP contribution in [-0.2, 0) is 9.59 Å². The van der Waals surface area contributed by atoms with Gasteiger partial charge < -0.3 is 9.64 Å². The normalized spacial score (nSPS) is 16.8. The number of benzene rings is 3. The summed E-state index contributed by atoms with van der Waals surface area (Å²) in [5.74, 6) is -1.92. The highest BCUT2D eigenvalue weighted by Gasteiger charge is 2.42. The van der Waals surface area contributed by atoms with Gasteiger partial charge in [-0.1, -0.05) is 12.1 Å². The summed E-state index contributed by atoms with van der Waals surface area (Å²) in [6.07, 6.45) is 0.0627. The molecule has 7 nitrogen and oxygen atoms in total. The van der Waals surface area contributed by atoms with Crippen molar-refractivity contribution in [3.05, 3.63) is 82.1 Å². The van der Waals surface area contributed by atoms with Gasteiger partial charge in [0.1, 0.15) is 5.75 Å². The van der Waals surface area contributed by atoms with Gasteiger partial charge in [0.25, 0.3) is 11.8 Å². The first-order valence-electron chi connectivity index (χ1n) is 11.8. The molecule has 11 heteroatoms. The number of hydrogen-bond acceptors (Lipinski definition) is 5. The van der Waals surface area contributed by atoms with Crippen LogP contribution in [0.2, 0.25) is 0 Å². The molecule has 0 bridgehead atoms. The molecule has 0 aromatic heterocycles. The minimum atomic E-state index is -0.611. The lowest BCUT2D eigenvalue weighted by Crippen LogP contribution is -2.30. The number of anilines is 2. The molecule has 0 aliphatic carbocycles. The number of ether oxygens (including phenoxy) is 1. The van der Waals surface area contributed by atoms with E-state index < -0.39 is 23.7 Å². The average Bonchev–Trinajstić information content (AvgIpc) is 3.40. The molecule has 200 valence electrons. The molecule has 0 unspecified atom stereocenters. The average molecular weight is 784 g/mol. The molecule has 2 aliphatic rings. The highest BCUT2D eigenvalue weighted by molar-refractivity contribution is 9.15. The van der Waals surface area contributed by atoms with E-state index in [4.69, 9.17) is 4.74 Å². The van der Waals surface area contributed by atoms with Crippen molar-refractivity contribution in [2.75, 3.05) is 16.3 Å². The highest BCUT2D eigenvalue weighted by atomic mass is 79.9. The molecular weight excluding hydrogens is 764 g/mol. The number of rotatable bonds is 4. The van der Waals surface area contributed by atoms with Gasteiger partial charge in [-0.05, 0) is 125 Å². The maximum absolute atomic E-state index is 13.4. The van der Waals surface area contributed by atoms with Gasteiger partial charge in [-0.3, -0.25) is 19.2 Å². The van der Waals surface area contributed by atoms with E-state index in [0.717, 1.165) is 21.7 Å². The molecule has 1 saturated heterocycles. The molecular formula is C28H20Br4N2O5. The zero-order valence-corrected chi connectivity index (χ0v) is 27.2. The number of hydrogen-bond donors (Lipinski definition) is 0. The van der Waals surface area contributed by atoms with Crippen molar-refractivity contribution < 1.29 is 23.9 Å². The summed E-state index contributed by atoms with van der Waals surface area (Å²) >= 11 is 13.7. The molecule has 3 aromatic carbocycles. The monoisotopic (exact) mass is 780 g/mol. The van der Waals surface area contributed by atoms with Crippen LogP contribution >= 0.6 is 63.7 Å². The standard InChI is InChI=1S/C28H20Br4N2O5/c1-12-4-5-13(2)18(8-12)33-11-15(10-19(33)35)28(38)39-16-6-7-17(14(3)9-16)34-26(36)20-21(27(34)37)23(30)25(32)24(31)22(20)29/h4-9,15H,10-11H2,1-3H3/t15-/m1/s1. The van der Waals surface area contributed by atoms with E-state index in [2.05, 4.69) is 63.7 Å². The van der Waals surface area contributed by atoms with Gasteiger partial charge in [-0.2, -0.15) is 0 Å². The Bertz CT molecular complexity index is 1570. The van der Waals surface area contributed by atoms with E-state index in [0.29, 0.717) is 29.1 Å². The lowest BCUT2D eigenvalue weighted by molar-refractivity contribution is -0.139. The molecule has 1 atom stereocenters. The molecule has 5 rings (SSSR count). The zero-order chi connectivity index (χ0) is 28.3. The summed E-state index contributed by atoms with van der Waals surface area (Å²) in [5, 5.41) is 0. The summed E-state index contributed by atoms with van der Waals surface area (Å²) in [4.78, 5) is 55.2. The van der Waals surface area contributed by atoms with Gasteiger partial charge in [0.05, 0.1) is 22.7 Å². The lowest BCUT2D eigenvalue weighted by atomic mass is 10.1. The smallest absolute Gasteiger partial charge is 0.316 e. The third-order valence-electron chi connectivity index (χ3n) is 6.84. The van der Waals surface area contributed by atoms with Crippen LogP contribution in [0.1, 0.15) is 43.8 Å². The second kappa shape index (κ2) is 10.6. The van der Waals surface area contributed by atoms with E-state index in [1.54, 1.807) is 30.0 Å². The first kappa shape index (κ1) is 28.2. The van der Waals surface area contributed by atoms with E-state index in [1.165, 1.54) is 0 Å². The van der Waals surface area contributed by atoms with Crippen molar-refractivity contribution in [2.24, 2.45) is 5.92 Å². The van der Waals surface area contributed by atoms with E-state index in [9.17, 15) is 19.2 Å². The fourth-order valence-electron chi connectivity index (χ4n) is 4.82. The maximum atomic E-state index is 13.4. The summed E-state index contributed by atoms with van der Waals surface area (Å²) in [7, 11) is 0. The second-order valence-electron chi connectivity index (χ2n) is 9.52. The number of fused-ring (bicyclic) bond motifs is 1. The zero-order valence-electron chi connectivity index (χ0n) is 20.9. The molecule has 1 fully saturated rings. The fraction of sp³-hybridized carbons (Fsp3) is 0.214. The van der Waals surface area contributed by atoms with E-state index in [1.807, 2.05) is 32.0 Å². The van der Waals surface area contributed by atoms with Gasteiger partial charge >= 0.3 is 5.97 Å². The van der Waals surface area contributed by atoms with Gasteiger partial charge in [-0.15, -0.1) is 0 Å². The van der Waals surface area contributed by atoms with Crippen molar-refractivity contribution in [3.63, 3.8) is 0 Å². The second-order valence-corrected chi connectivity index (χ2v) is 12.7. The number of halogens is 4. The predicted molar refractivity (Wildman–Crippen MR) is 162 cm³/mol. The van der Waals surface area contributed by atoms with Crippen molar-refractivity contribution in [3.8, 4) is 5.75 Å². The first-order chi connectivity index (χ1) is 18.4. The van der Waals surface area contributed by atoms with Crippen LogP contribution in [0.5, 0.6) is 5.75 Å². The molecule has 0 N–H and O–H groups in total. The molecule has 0 spiro atoms. The third kappa shape index (κ3) is 4.81. The predicted octanol–water partition coefficient (Wildman–Crippen LogP) is 7.42. The largest absolute Gasteiger partial charge is 0.426 e. The topological polar surface area (TPSA) is 84.0 Å². The molecule has 0 saturated carbocycles. The summed E-state index contributed by atoms with van der Waals surface area (Å²) < 4.78 is 7.79. The van der Waals surface area contributed by atoms with E-state index >= 15 is 0 Å². The van der Waals surface area contributed by atoms with Crippen LogP contribution < -0.4 is 14.5 Å². The van der Waals surface area contributed by atoms with Crippen molar-refractivity contribution in [1.29, 1.82) is 0 Å². The quantitative estimate of drug-likeness (QED) is 0.0905. The van der Waals surface area contributed by atoms with Crippen LogP contribution in [0, 0.1) is 26.7 Å². The third-order valence-corrected chi connectivity index (χ3v) is 11.6. The summed E-state index contributed by atoms with van der Waals surface area (Å²) in [6, 6.07) is 10.6. The number of carbonyl (C=O) groups excluding carboxylic acids is 4. The Labute approximate surface area is 258 Å². The van der Waals surface area contributed by atoms with Gasteiger partial charge in [-0.25, -0.2) is 4.90 Å². The number of esters is 1. The Morgan fingerprint density at radius 1 is 0.795 bits per heavy atom. The molecule has 3 amide bonds. The minimum Gasteiger partial charge on any atom is -0.426 e. The molecule has 3 aromatic rings. The lowest BCUT2D eigenvalue weighted by Gasteiger charge is -2.20. The van der Waals surface area contributed by atoms with Crippen LogP contribution in [0.3, 0.4) is 0 Å². The Morgan fingerprint density at radius 3 is 2.00 bits per heavy atom. The number of nitrogens with zero attached hydrogens (tertiary/aromatic N) is 2. The summed E-state index contributed by atoms with van der Waals surface area (Å²) in [5.41, 5.74) is 4.23. The molecule has 2 heterocycles. The van der Waals surface area contributed by atoms with Gasteiger partial charge in [0.15, 0.2) is 0 Å². The molecule has 39 heavy (non-hydrogen) atoms. The van der Waals surface area contributed by atoms with Crippen LogP contribution in [-0.4, -0.2) is 30.2 Å². The van der Waals surface area contributed by atoms with Crippen molar-refractivity contribution in [2.45, 2.75) is 27.2 Å². The SMILES string of the molecule is Cc1ccc(C)c(N2C[C@H](C(=O)Oc3ccc(N4C(=O)c5c(Br)c(Br)c(Br)c(Br)c5C4=O)c(C)c3)CC2=O)c1. The van der Waals surface area contributed by atoms with Gasteiger partial charge in [0.2, 0.25) is 5.91 Å². The highest BCUT2D eigenvalue weighted by Crippen LogP contribution is 2.46. The number of aryl methyl sites for hydroxylation is 3. The molecule has 0 radical (unpaired) electrons. The van der Waals surface area contributed by atoms with Crippen LogP contribution in [0.4, 0.5) is 11.4 Å². The Balaban J connectivity index is 1.35. The van der Waals surface area contributed by atoms with Crippen molar-refractivity contribution >= 4 is 98.8 Å². The minimum absolute atomic E-state index is 0.0627. The number of imide groups is 1. The van der Waals surface area contributed by atoms with Crippen molar-refractivity contribution in [1.82, 2.24) is 0 Å². The Kier molecular flexibility index (Phi) is 7.64. The maximum Gasteiger partial charge on any atom is 0.316 e.